The fourth-order valence-corrected chi connectivity index (χ4v) is 0.653. The second-order valence-electron chi connectivity index (χ2n) is 3.71. The molecule has 0 aromatic heterocycles. The smallest absolute Gasteiger partial charge is 0.548 e. The van der Waals surface area contributed by atoms with Gasteiger partial charge in [0.25, 0.3) is 0 Å². The summed E-state index contributed by atoms with van der Waals surface area (Å²) >= 11 is 0. The zero-order chi connectivity index (χ0) is 21.8. The summed E-state index contributed by atoms with van der Waals surface area (Å²) in [6.07, 6.45) is 0. The van der Waals surface area contributed by atoms with Crippen LogP contribution in [0.2, 0.25) is 0 Å². The summed E-state index contributed by atoms with van der Waals surface area (Å²) in [6, 6.07) is 0. The summed E-state index contributed by atoms with van der Waals surface area (Å²) in [5, 5.41) is 57.2. The van der Waals surface area contributed by atoms with E-state index in [4.69, 9.17) is 0 Å². The maximum absolute atomic E-state index is 9.53. The van der Waals surface area contributed by atoms with Gasteiger partial charge in [0.2, 0.25) is 0 Å². The van der Waals surface area contributed by atoms with Gasteiger partial charge in [0.15, 0.2) is 0 Å². The van der Waals surface area contributed by atoms with Crippen LogP contribution >= 0.6 is 0 Å². The molecule has 0 radical (unpaired) electrons. The normalized spacial score (nSPS) is 8.28. The van der Waals surface area contributed by atoms with E-state index in [1.165, 1.54) is 0 Å². The second kappa shape index (κ2) is 25.8. The van der Waals surface area contributed by atoms with E-state index in [9.17, 15) is 59.4 Å². The van der Waals surface area contributed by atoms with Crippen molar-refractivity contribution in [2.24, 2.45) is 0 Å². The maximum Gasteiger partial charge on any atom is 3.00 e. The van der Waals surface area contributed by atoms with E-state index in [1.54, 1.807) is 0 Å². The molecule has 0 unspecified atom stereocenters. The number of carbonyl (C=O) groups excluding carboxylic acids is 6. The summed E-state index contributed by atoms with van der Waals surface area (Å²) in [6.45, 7) is -4.29. The Labute approximate surface area is 184 Å². The summed E-state index contributed by atoms with van der Waals surface area (Å²) in [5.41, 5.74) is 0. The van der Waals surface area contributed by atoms with E-state index in [0.717, 1.165) is 0 Å². The van der Waals surface area contributed by atoms with E-state index >= 15 is 0 Å². The van der Waals surface area contributed by atoms with Crippen LogP contribution in [0.25, 0.3) is 0 Å². The molecule has 0 fully saturated rings. The summed E-state index contributed by atoms with van der Waals surface area (Å²) in [7, 11) is 0. The monoisotopic (exact) mass is 450 g/mol. The van der Waals surface area contributed by atoms with Crippen molar-refractivity contribution in [1.29, 1.82) is 0 Å². The van der Waals surface area contributed by atoms with Crippen LogP contribution in [0.1, 0.15) is 0 Å². The van der Waals surface area contributed by atoms with Crippen LogP contribution in [0, 0.1) is 0 Å². The Kier molecular flexibility index (Phi) is 33.3. The number of rotatable bonds is 12. The zero-order valence-electron chi connectivity index (χ0n) is 14.5. The third kappa shape index (κ3) is 58.5. The molecule has 156 valence electrons. The third-order valence-electron chi connectivity index (χ3n) is 1.32. The molecule has 0 atom stereocenters. The van der Waals surface area contributed by atoms with Crippen LogP contribution in [0.4, 0.5) is 0 Å². The van der Waals surface area contributed by atoms with Gasteiger partial charge < -0.3 is 73.6 Å². The Morgan fingerprint density at radius 2 is 0.483 bits per heavy atom. The van der Waals surface area contributed by atoms with Gasteiger partial charge in [-0.3, -0.25) is 0 Å². The first-order valence-electron chi connectivity index (χ1n) is 6.30. The standard InChI is InChI=1S/3C4H6O5.2Al/c3*5-3(6)1-9-2-4(7)8;;/h3*1-2H2,(H,5,6)(H,7,8);;/q;;;2*+3/p-6. The Balaban J connectivity index is -0.0000000960. The fourth-order valence-electron chi connectivity index (χ4n) is 0.653. The van der Waals surface area contributed by atoms with Crippen molar-refractivity contribution in [3.8, 4) is 0 Å². The molecular weight excluding hydrogens is 438 g/mol. The SMILES string of the molecule is O=C([O-])COCC(=O)[O-].O=C([O-])COCC(=O)[O-].O=C([O-])COCC(=O)[O-].[Al+3].[Al+3]. The molecule has 0 spiro atoms. The van der Waals surface area contributed by atoms with Gasteiger partial charge in [0.1, 0.15) is 0 Å². The predicted molar refractivity (Wildman–Crippen MR) is 74.0 cm³/mol. The number of carboxylic acid groups (broad SMARTS) is 6. The topological polar surface area (TPSA) is 268 Å². The van der Waals surface area contributed by atoms with E-state index in [0.29, 0.717) is 0 Å². The molecular formula is C12H12Al2O15. The van der Waals surface area contributed by atoms with Crippen molar-refractivity contribution in [2.45, 2.75) is 0 Å². The van der Waals surface area contributed by atoms with Gasteiger partial charge in [0.05, 0.1) is 75.5 Å². The molecule has 0 rings (SSSR count). The molecule has 0 amide bonds. The third-order valence-corrected chi connectivity index (χ3v) is 1.32. The van der Waals surface area contributed by atoms with E-state index in [2.05, 4.69) is 14.2 Å². The van der Waals surface area contributed by atoms with Crippen molar-refractivity contribution >= 4 is 70.5 Å². The van der Waals surface area contributed by atoms with Gasteiger partial charge in [-0.05, 0) is 0 Å². The molecule has 0 aliphatic rings. The van der Waals surface area contributed by atoms with Gasteiger partial charge in [-0.15, -0.1) is 0 Å². The van der Waals surface area contributed by atoms with Gasteiger partial charge in [-0.2, -0.15) is 0 Å². The van der Waals surface area contributed by atoms with Gasteiger partial charge in [-0.25, -0.2) is 0 Å². The summed E-state index contributed by atoms with van der Waals surface area (Å²) in [5.74, 6) is -8.69. The van der Waals surface area contributed by atoms with Crippen LogP contribution in [0.3, 0.4) is 0 Å². The first-order chi connectivity index (χ1) is 12.4. The minimum Gasteiger partial charge on any atom is -0.548 e. The Morgan fingerprint density at radius 3 is 0.552 bits per heavy atom. The summed E-state index contributed by atoms with van der Waals surface area (Å²) in [4.78, 5) is 57.2. The van der Waals surface area contributed by atoms with Crippen molar-refractivity contribution < 1.29 is 73.6 Å². The molecule has 0 bridgehead atoms. The van der Waals surface area contributed by atoms with E-state index in [1.807, 2.05) is 0 Å². The number of carboxylic acids is 6. The Bertz CT molecular complexity index is 394. The van der Waals surface area contributed by atoms with Crippen LogP contribution in [0.5, 0.6) is 0 Å². The quantitative estimate of drug-likeness (QED) is 0.250. The number of aliphatic carboxylic acids is 6. The average Bonchev–Trinajstić information content (AvgIpc) is 2.46. The Morgan fingerprint density at radius 1 is 0.379 bits per heavy atom. The largest absolute Gasteiger partial charge is 3.00 e. The number of hydrogen-bond donors (Lipinski definition) is 0. The predicted octanol–water partition coefficient (Wildman–Crippen LogP) is -11.3. The Hall–Kier alpha value is -2.24. The summed E-state index contributed by atoms with van der Waals surface area (Å²) < 4.78 is 12.1. The van der Waals surface area contributed by atoms with Gasteiger partial charge in [0, 0.05) is 0 Å². The average molecular weight is 450 g/mol. The number of hydrogen-bond acceptors (Lipinski definition) is 15. The molecule has 17 heteroatoms. The van der Waals surface area contributed by atoms with Crippen molar-refractivity contribution in [2.75, 3.05) is 39.6 Å². The molecule has 0 aliphatic carbocycles. The van der Waals surface area contributed by atoms with E-state index < -0.39 is 75.5 Å². The van der Waals surface area contributed by atoms with Crippen LogP contribution in [-0.4, -0.2) is 110 Å². The number of ether oxygens (including phenoxy) is 3. The molecule has 29 heavy (non-hydrogen) atoms. The van der Waals surface area contributed by atoms with Crippen LogP contribution < -0.4 is 30.6 Å². The van der Waals surface area contributed by atoms with Gasteiger partial charge in [-0.1, -0.05) is 0 Å². The molecule has 0 saturated heterocycles. The number of carbonyl (C=O) groups is 6. The molecule has 0 saturated carbocycles. The van der Waals surface area contributed by atoms with Crippen molar-refractivity contribution in [3.05, 3.63) is 0 Å². The molecule has 0 aromatic rings. The molecule has 15 nitrogen and oxygen atoms in total. The molecule has 0 N–H and O–H groups in total. The molecule has 0 heterocycles. The zero-order valence-corrected chi connectivity index (χ0v) is 16.8. The minimum atomic E-state index is -1.45. The van der Waals surface area contributed by atoms with Gasteiger partial charge >= 0.3 is 34.7 Å². The molecule has 0 aromatic carbocycles. The van der Waals surface area contributed by atoms with Crippen LogP contribution in [-0.2, 0) is 43.0 Å². The maximum atomic E-state index is 9.53. The van der Waals surface area contributed by atoms with Crippen LogP contribution in [0.15, 0.2) is 0 Å². The van der Waals surface area contributed by atoms with E-state index in [-0.39, 0.29) is 34.7 Å². The van der Waals surface area contributed by atoms with Crippen molar-refractivity contribution in [1.82, 2.24) is 0 Å². The molecule has 0 aliphatic heterocycles. The fraction of sp³-hybridized carbons (Fsp3) is 0.500. The first-order valence-corrected chi connectivity index (χ1v) is 6.30. The second-order valence-corrected chi connectivity index (χ2v) is 3.71. The van der Waals surface area contributed by atoms with Crippen molar-refractivity contribution in [3.63, 3.8) is 0 Å². The first kappa shape index (κ1) is 37.5. The minimum absolute atomic E-state index is 0.